The fourth-order valence-electron chi connectivity index (χ4n) is 1.38. The fourth-order valence-corrected chi connectivity index (χ4v) is 1.38. The molecule has 0 atom stereocenters. The molecule has 78 valence electrons. The summed E-state index contributed by atoms with van der Waals surface area (Å²) in [6, 6.07) is 5.64. The number of aliphatic hydroxyl groups is 1. The van der Waals surface area contributed by atoms with Gasteiger partial charge < -0.3 is 9.84 Å². The maximum absolute atomic E-state index is 9.15. The quantitative estimate of drug-likeness (QED) is 0.584. The first-order valence-electron chi connectivity index (χ1n) is 4.72. The first kappa shape index (κ1) is 11.4. The number of hydrogen-bond donors (Lipinski definition) is 1. The fraction of sp³-hybridized carbons (Fsp3) is 0.231. The van der Waals surface area contributed by atoms with E-state index < -0.39 is 0 Å². The highest BCUT2D eigenvalue weighted by atomic mass is 16.5. The Morgan fingerprint density at radius 2 is 2.20 bits per heavy atom. The Kier molecular flexibility index (Phi) is 4.46. The lowest BCUT2D eigenvalue weighted by atomic mass is 10.1. The van der Waals surface area contributed by atoms with Crippen LogP contribution in [0.5, 0.6) is 5.75 Å². The van der Waals surface area contributed by atoms with E-state index in [0.29, 0.717) is 12.2 Å². The van der Waals surface area contributed by atoms with Crippen molar-refractivity contribution in [3.8, 4) is 18.1 Å². The van der Waals surface area contributed by atoms with Gasteiger partial charge in [-0.1, -0.05) is 30.2 Å². The van der Waals surface area contributed by atoms with E-state index in [9.17, 15) is 0 Å². The summed E-state index contributed by atoms with van der Waals surface area (Å²) >= 11 is 0. The van der Waals surface area contributed by atoms with Crippen LogP contribution in [-0.2, 0) is 13.0 Å². The minimum absolute atomic E-state index is 0.0507. The predicted octanol–water partition coefficient (Wildman–Crippen LogP) is 1.92. The standard InChI is InChI=1S/C13H14O2/c1-3-6-11-7-5-8-12(10-14)13(11)15-9-4-2/h2-3,5,7-8,14H,1,6,9-10H2. The van der Waals surface area contributed by atoms with E-state index in [1.165, 1.54) is 0 Å². The smallest absolute Gasteiger partial charge is 0.148 e. The Morgan fingerprint density at radius 1 is 1.47 bits per heavy atom. The van der Waals surface area contributed by atoms with E-state index in [2.05, 4.69) is 12.5 Å². The molecule has 0 unspecified atom stereocenters. The highest BCUT2D eigenvalue weighted by molar-refractivity contribution is 5.42. The van der Waals surface area contributed by atoms with Crippen molar-refractivity contribution in [1.82, 2.24) is 0 Å². The van der Waals surface area contributed by atoms with Crippen molar-refractivity contribution >= 4 is 0 Å². The van der Waals surface area contributed by atoms with E-state index in [4.69, 9.17) is 16.3 Å². The van der Waals surface area contributed by atoms with Crippen molar-refractivity contribution in [2.45, 2.75) is 13.0 Å². The second-order valence-corrected chi connectivity index (χ2v) is 3.05. The Hall–Kier alpha value is -1.72. The van der Waals surface area contributed by atoms with Gasteiger partial charge in [-0.15, -0.1) is 13.0 Å². The molecule has 1 N–H and O–H groups in total. The largest absolute Gasteiger partial charge is 0.480 e. The zero-order valence-electron chi connectivity index (χ0n) is 8.57. The molecule has 1 aromatic rings. The van der Waals surface area contributed by atoms with Gasteiger partial charge in [-0.25, -0.2) is 0 Å². The summed E-state index contributed by atoms with van der Waals surface area (Å²) in [5.74, 6) is 3.09. The summed E-state index contributed by atoms with van der Waals surface area (Å²) in [7, 11) is 0. The number of para-hydroxylation sites is 1. The van der Waals surface area contributed by atoms with Gasteiger partial charge in [0.1, 0.15) is 12.4 Å². The summed E-state index contributed by atoms with van der Waals surface area (Å²) in [5.41, 5.74) is 1.75. The minimum Gasteiger partial charge on any atom is -0.480 e. The maximum atomic E-state index is 9.15. The van der Waals surface area contributed by atoms with Gasteiger partial charge in [-0.05, 0) is 12.0 Å². The van der Waals surface area contributed by atoms with E-state index >= 15 is 0 Å². The van der Waals surface area contributed by atoms with Crippen molar-refractivity contribution in [3.63, 3.8) is 0 Å². The van der Waals surface area contributed by atoms with Gasteiger partial charge in [0, 0.05) is 5.56 Å². The van der Waals surface area contributed by atoms with Gasteiger partial charge in [-0.3, -0.25) is 0 Å². The molecular weight excluding hydrogens is 188 g/mol. The summed E-state index contributed by atoms with van der Waals surface area (Å²) in [4.78, 5) is 0. The summed E-state index contributed by atoms with van der Waals surface area (Å²) < 4.78 is 5.42. The van der Waals surface area contributed by atoms with Gasteiger partial charge in [0.15, 0.2) is 0 Å². The highest BCUT2D eigenvalue weighted by Crippen LogP contribution is 2.24. The van der Waals surface area contributed by atoms with Gasteiger partial charge in [0.05, 0.1) is 6.61 Å². The van der Waals surface area contributed by atoms with Gasteiger partial charge >= 0.3 is 0 Å². The number of hydrogen-bond acceptors (Lipinski definition) is 2. The molecule has 0 saturated heterocycles. The lowest BCUT2D eigenvalue weighted by Crippen LogP contribution is -2.01. The van der Waals surface area contributed by atoms with Crippen LogP contribution in [0.2, 0.25) is 0 Å². The van der Waals surface area contributed by atoms with E-state index in [1.807, 2.05) is 18.2 Å². The molecule has 0 fully saturated rings. The van der Waals surface area contributed by atoms with Crippen LogP contribution in [0.4, 0.5) is 0 Å². The summed E-state index contributed by atoms with van der Waals surface area (Å²) in [6.07, 6.45) is 7.63. The third-order valence-electron chi connectivity index (χ3n) is 2.01. The van der Waals surface area contributed by atoms with E-state index in [-0.39, 0.29) is 13.2 Å². The number of allylic oxidation sites excluding steroid dienone is 1. The Bertz CT molecular complexity index is 375. The molecule has 0 saturated carbocycles. The van der Waals surface area contributed by atoms with Crippen LogP contribution in [0.3, 0.4) is 0 Å². The number of terminal acetylenes is 1. The Labute approximate surface area is 90.2 Å². The van der Waals surface area contributed by atoms with Crippen molar-refractivity contribution in [2.75, 3.05) is 6.61 Å². The molecule has 0 amide bonds. The molecule has 0 aliphatic carbocycles. The van der Waals surface area contributed by atoms with Crippen LogP contribution in [0.1, 0.15) is 11.1 Å². The highest BCUT2D eigenvalue weighted by Gasteiger charge is 2.07. The van der Waals surface area contributed by atoms with Crippen LogP contribution >= 0.6 is 0 Å². The van der Waals surface area contributed by atoms with Gasteiger partial charge in [-0.2, -0.15) is 0 Å². The topological polar surface area (TPSA) is 29.5 Å². The molecule has 2 heteroatoms. The molecular formula is C13H14O2. The summed E-state index contributed by atoms with van der Waals surface area (Å²) in [6.45, 7) is 3.83. The second kappa shape index (κ2) is 5.90. The number of benzene rings is 1. The molecule has 0 bridgehead atoms. The first-order valence-corrected chi connectivity index (χ1v) is 4.72. The van der Waals surface area contributed by atoms with Crippen molar-refractivity contribution in [3.05, 3.63) is 42.0 Å². The van der Waals surface area contributed by atoms with Gasteiger partial charge in [0.2, 0.25) is 0 Å². The molecule has 0 aromatic heterocycles. The van der Waals surface area contributed by atoms with Crippen LogP contribution in [-0.4, -0.2) is 11.7 Å². The molecule has 0 aliphatic rings. The molecule has 15 heavy (non-hydrogen) atoms. The van der Waals surface area contributed by atoms with Crippen LogP contribution in [0.25, 0.3) is 0 Å². The third kappa shape index (κ3) is 2.87. The zero-order valence-corrected chi connectivity index (χ0v) is 8.57. The van der Waals surface area contributed by atoms with Crippen LogP contribution < -0.4 is 4.74 Å². The molecule has 1 aromatic carbocycles. The zero-order chi connectivity index (χ0) is 11.1. The minimum atomic E-state index is -0.0507. The van der Waals surface area contributed by atoms with Crippen molar-refractivity contribution < 1.29 is 9.84 Å². The monoisotopic (exact) mass is 202 g/mol. The summed E-state index contributed by atoms with van der Waals surface area (Å²) in [5, 5.41) is 9.15. The average Bonchev–Trinajstić information content (AvgIpc) is 2.27. The van der Waals surface area contributed by atoms with E-state index in [0.717, 1.165) is 11.1 Å². The van der Waals surface area contributed by atoms with Crippen molar-refractivity contribution in [2.24, 2.45) is 0 Å². The van der Waals surface area contributed by atoms with Crippen LogP contribution in [0.15, 0.2) is 30.9 Å². The number of rotatable bonds is 5. The molecule has 0 spiro atoms. The SMILES string of the molecule is C#CCOc1c(CO)cccc1CC=C. The molecule has 1 rings (SSSR count). The first-order chi connectivity index (χ1) is 7.33. The lowest BCUT2D eigenvalue weighted by molar-refractivity contribution is 0.270. The van der Waals surface area contributed by atoms with Gasteiger partial charge in [0.25, 0.3) is 0 Å². The molecule has 0 heterocycles. The normalized spacial score (nSPS) is 9.33. The average molecular weight is 202 g/mol. The van der Waals surface area contributed by atoms with E-state index in [1.54, 1.807) is 6.08 Å². The molecule has 2 nitrogen and oxygen atoms in total. The van der Waals surface area contributed by atoms with Crippen molar-refractivity contribution in [1.29, 1.82) is 0 Å². The second-order valence-electron chi connectivity index (χ2n) is 3.05. The molecule has 0 aliphatic heterocycles. The van der Waals surface area contributed by atoms with Crippen LogP contribution in [0, 0.1) is 12.3 Å². The number of aliphatic hydroxyl groups excluding tert-OH is 1. The predicted molar refractivity (Wildman–Crippen MR) is 60.6 cm³/mol. The Balaban J connectivity index is 3.03. The maximum Gasteiger partial charge on any atom is 0.148 e. The Morgan fingerprint density at radius 3 is 2.80 bits per heavy atom. The lowest BCUT2D eigenvalue weighted by Gasteiger charge is -2.12. The molecule has 0 radical (unpaired) electrons. The number of ether oxygens (including phenoxy) is 1. The third-order valence-corrected chi connectivity index (χ3v) is 2.01.